The molecule has 0 amide bonds. The fourth-order valence-electron chi connectivity index (χ4n) is 1.65. The molecule has 0 saturated heterocycles. The number of ether oxygens (including phenoxy) is 1. The second kappa shape index (κ2) is 5.72. The second-order valence-corrected chi connectivity index (χ2v) is 4.13. The fourth-order valence-corrected chi connectivity index (χ4v) is 1.65. The summed E-state index contributed by atoms with van der Waals surface area (Å²) in [6, 6.07) is 10.5. The Balaban J connectivity index is 2.51. The van der Waals surface area contributed by atoms with Gasteiger partial charge in [-0.25, -0.2) is 0 Å². The van der Waals surface area contributed by atoms with E-state index in [2.05, 4.69) is 37.8 Å². The summed E-state index contributed by atoms with van der Waals surface area (Å²) in [4.78, 5) is 0. The molecule has 0 aliphatic heterocycles. The van der Waals surface area contributed by atoms with Crippen LogP contribution in [0.15, 0.2) is 43.0 Å². The average molecular weight is 204 g/mol. The topological polar surface area (TPSA) is 9.23 Å². The van der Waals surface area contributed by atoms with Crippen molar-refractivity contribution in [3.05, 3.63) is 48.6 Å². The first-order valence-electron chi connectivity index (χ1n) is 5.40. The molecule has 0 spiro atoms. The summed E-state index contributed by atoms with van der Waals surface area (Å²) in [5.74, 6) is 0. The van der Waals surface area contributed by atoms with Crippen molar-refractivity contribution in [2.24, 2.45) is 0 Å². The number of rotatable bonds is 6. The van der Waals surface area contributed by atoms with E-state index in [1.807, 2.05) is 12.1 Å². The Kier molecular flexibility index (Phi) is 4.57. The van der Waals surface area contributed by atoms with E-state index in [0.717, 1.165) is 19.3 Å². The minimum absolute atomic E-state index is 0.0718. The maximum absolute atomic E-state index is 5.53. The molecule has 1 nitrogen and oxygen atoms in total. The number of aryl methyl sites for hydroxylation is 1. The van der Waals surface area contributed by atoms with Crippen molar-refractivity contribution in [1.29, 1.82) is 0 Å². The van der Waals surface area contributed by atoms with E-state index in [-0.39, 0.29) is 5.60 Å². The molecule has 0 aromatic heterocycles. The first-order valence-corrected chi connectivity index (χ1v) is 5.40. The maximum Gasteiger partial charge on any atom is 0.0688 e. The van der Waals surface area contributed by atoms with Crippen molar-refractivity contribution in [2.75, 3.05) is 7.11 Å². The van der Waals surface area contributed by atoms with Crippen LogP contribution in [0.4, 0.5) is 0 Å². The van der Waals surface area contributed by atoms with Gasteiger partial charge in [0.2, 0.25) is 0 Å². The normalized spacial score (nSPS) is 14.5. The molecule has 1 unspecified atom stereocenters. The van der Waals surface area contributed by atoms with Gasteiger partial charge in [-0.05, 0) is 31.7 Å². The lowest BCUT2D eigenvalue weighted by Gasteiger charge is -2.26. The Labute approximate surface area is 92.8 Å². The second-order valence-electron chi connectivity index (χ2n) is 4.13. The molecule has 15 heavy (non-hydrogen) atoms. The molecule has 0 aliphatic carbocycles. The van der Waals surface area contributed by atoms with Crippen molar-refractivity contribution >= 4 is 0 Å². The van der Waals surface area contributed by atoms with E-state index in [1.165, 1.54) is 5.56 Å². The molecule has 0 heterocycles. The average Bonchev–Trinajstić information content (AvgIpc) is 2.28. The van der Waals surface area contributed by atoms with Crippen molar-refractivity contribution in [2.45, 2.75) is 31.8 Å². The molecular formula is C14H20O. The first kappa shape index (κ1) is 12.0. The van der Waals surface area contributed by atoms with Gasteiger partial charge in [0.25, 0.3) is 0 Å². The van der Waals surface area contributed by atoms with E-state index >= 15 is 0 Å². The summed E-state index contributed by atoms with van der Waals surface area (Å²) in [5.41, 5.74) is 1.29. The minimum Gasteiger partial charge on any atom is -0.378 e. The van der Waals surface area contributed by atoms with E-state index in [1.54, 1.807) is 7.11 Å². The van der Waals surface area contributed by atoms with Crippen LogP contribution in [-0.2, 0) is 11.2 Å². The number of benzene rings is 1. The fraction of sp³-hybridized carbons (Fsp3) is 0.429. The SMILES string of the molecule is C=CCC(C)(CCc1ccccc1)OC. The molecule has 0 radical (unpaired) electrons. The Hall–Kier alpha value is -1.08. The zero-order valence-electron chi connectivity index (χ0n) is 9.70. The summed E-state index contributed by atoms with van der Waals surface area (Å²) in [6.07, 6.45) is 4.91. The largest absolute Gasteiger partial charge is 0.378 e. The van der Waals surface area contributed by atoms with Gasteiger partial charge in [-0.1, -0.05) is 36.4 Å². The Morgan fingerprint density at radius 1 is 1.33 bits per heavy atom. The minimum atomic E-state index is -0.0718. The summed E-state index contributed by atoms with van der Waals surface area (Å²) in [5, 5.41) is 0. The molecule has 0 fully saturated rings. The van der Waals surface area contributed by atoms with Crippen LogP contribution in [0, 0.1) is 0 Å². The lowest BCUT2D eigenvalue weighted by Crippen LogP contribution is -2.27. The van der Waals surface area contributed by atoms with Crippen LogP contribution in [0.1, 0.15) is 25.3 Å². The quantitative estimate of drug-likeness (QED) is 0.643. The van der Waals surface area contributed by atoms with Crippen LogP contribution in [0.25, 0.3) is 0 Å². The third-order valence-corrected chi connectivity index (χ3v) is 2.85. The van der Waals surface area contributed by atoms with Gasteiger partial charge in [-0.15, -0.1) is 6.58 Å². The highest BCUT2D eigenvalue weighted by Crippen LogP contribution is 2.22. The standard InChI is InChI=1S/C14H20O/c1-4-11-14(2,15-3)12-10-13-8-6-5-7-9-13/h4-9H,1,10-12H2,2-3H3. The monoisotopic (exact) mass is 204 g/mol. The van der Waals surface area contributed by atoms with E-state index in [4.69, 9.17) is 4.74 Å². The predicted molar refractivity (Wildman–Crippen MR) is 65.0 cm³/mol. The first-order chi connectivity index (χ1) is 7.20. The van der Waals surface area contributed by atoms with Crippen LogP contribution in [0.2, 0.25) is 0 Å². The highest BCUT2D eigenvalue weighted by Gasteiger charge is 2.21. The lowest BCUT2D eigenvalue weighted by molar-refractivity contribution is 0.00181. The summed E-state index contributed by atoms with van der Waals surface area (Å²) in [7, 11) is 1.77. The summed E-state index contributed by atoms with van der Waals surface area (Å²) >= 11 is 0. The zero-order valence-corrected chi connectivity index (χ0v) is 9.70. The van der Waals surface area contributed by atoms with Gasteiger partial charge in [0.15, 0.2) is 0 Å². The number of methoxy groups -OCH3 is 1. The smallest absolute Gasteiger partial charge is 0.0688 e. The molecule has 0 aliphatic rings. The molecule has 1 atom stereocenters. The van der Waals surface area contributed by atoms with E-state index in [9.17, 15) is 0 Å². The van der Waals surface area contributed by atoms with Crippen LogP contribution >= 0.6 is 0 Å². The number of hydrogen-bond donors (Lipinski definition) is 0. The molecule has 1 heteroatoms. The third kappa shape index (κ3) is 3.88. The summed E-state index contributed by atoms with van der Waals surface area (Å²) in [6.45, 7) is 5.91. The van der Waals surface area contributed by atoms with Crippen molar-refractivity contribution < 1.29 is 4.74 Å². The van der Waals surface area contributed by atoms with E-state index in [0.29, 0.717) is 0 Å². The van der Waals surface area contributed by atoms with Crippen LogP contribution < -0.4 is 0 Å². The zero-order chi connectivity index (χ0) is 11.1. The van der Waals surface area contributed by atoms with Crippen LogP contribution in [0.3, 0.4) is 0 Å². The molecular weight excluding hydrogens is 184 g/mol. The highest BCUT2D eigenvalue weighted by atomic mass is 16.5. The van der Waals surface area contributed by atoms with Crippen molar-refractivity contribution in [1.82, 2.24) is 0 Å². The van der Waals surface area contributed by atoms with Crippen molar-refractivity contribution in [3.63, 3.8) is 0 Å². The molecule has 0 N–H and O–H groups in total. The van der Waals surface area contributed by atoms with Gasteiger partial charge in [-0.2, -0.15) is 0 Å². The van der Waals surface area contributed by atoms with Crippen LogP contribution in [0.5, 0.6) is 0 Å². The van der Waals surface area contributed by atoms with Crippen LogP contribution in [-0.4, -0.2) is 12.7 Å². The third-order valence-electron chi connectivity index (χ3n) is 2.85. The predicted octanol–water partition coefficient (Wildman–Crippen LogP) is 3.60. The van der Waals surface area contributed by atoms with Gasteiger partial charge in [0, 0.05) is 7.11 Å². The Morgan fingerprint density at radius 3 is 2.53 bits per heavy atom. The maximum atomic E-state index is 5.53. The Bertz CT molecular complexity index is 291. The molecule has 0 saturated carbocycles. The molecule has 1 aromatic rings. The number of hydrogen-bond acceptors (Lipinski definition) is 1. The molecule has 82 valence electrons. The summed E-state index contributed by atoms with van der Waals surface area (Å²) < 4.78 is 5.53. The molecule has 0 bridgehead atoms. The van der Waals surface area contributed by atoms with Gasteiger partial charge in [-0.3, -0.25) is 0 Å². The Morgan fingerprint density at radius 2 is 2.00 bits per heavy atom. The van der Waals surface area contributed by atoms with Gasteiger partial charge in [0.1, 0.15) is 0 Å². The van der Waals surface area contributed by atoms with Gasteiger partial charge in [0.05, 0.1) is 5.60 Å². The van der Waals surface area contributed by atoms with Gasteiger partial charge < -0.3 is 4.74 Å². The highest BCUT2D eigenvalue weighted by molar-refractivity contribution is 5.15. The molecule has 1 rings (SSSR count). The molecule has 1 aromatic carbocycles. The van der Waals surface area contributed by atoms with Crippen molar-refractivity contribution in [3.8, 4) is 0 Å². The lowest BCUT2D eigenvalue weighted by atomic mass is 9.93. The van der Waals surface area contributed by atoms with Gasteiger partial charge >= 0.3 is 0 Å². The van der Waals surface area contributed by atoms with E-state index < -0.39 is 0 Å².